The quantitative estimate of drug-likeness (QED) is 0.546. The normalized spacial score (nSPS) is 10.9. The molecule has 4 rings (SSSR count). The lowest BCUT2D eigenvalue weighted by atomic mass is 10.1. The Bertz CT molecular complexity index is 1120. The molecule has 0 unspecified atom stereocenters. The Morgan fingerprint density at radius 1 is 1.07 bits per heavy atom. The van der Waals surface area contributed by atoms with E-state index in [2.05, 4.69) is 4.98 Å². The minimum atomic E-state index is -0.601. The van der Waals surface area contributed by atoms with Gasteiger partial charge in [0, 0.05) is 17.9 Å². The highest BCUT2D eigenvalue weighted by atomic mass is 19.1. The second-order valence-corrected chi connectivity index (χ2v) is 6.36. The Hall–Kier alpha value is -3.67. The zero-order chi connectivity index (χ0) is 19.5. The van der Waals surface area contributed by atoms with Crippen LogP contribution < -0.4 is 10.5 Å². The van der Waals surface area contributed by atoms with Crippen molar-refractivity contribution in [3.05, 3.63) is 95.1 Å². The molecule has 28 heavy (non-hydrogen) atoms. The van der Waals surface area contributed by atoms with Gasteiger partial charge in [-0.25, -0.2) is 9.37 Å². The Balaban J connectivity index is 1.65. The zero-order valence-electron chi connectivity index (χ0n) is 14.9. The van der Waals surface area contributed by atoms with Gasteiger partial charge < -0.3 is 14.9 Å². The van der Waals surface area contributed by atoms with Crippen molar-refractivity contribution in [3.8, 4) is 5.88 Å². The lowest BCUT2D eigenvalue weighted by molar-refractivity contribution is 0.1000. The Kier molecular flexibility index (Phi) is 4.76. The van der Waals surface area contributed by atoms with Crippen molar-refractivity contribution in [2.45, 2.75) is 13.0 Å². The third kappa shape index (κ3) is 3.71. The number of carbonyl (C=O) groups excluding carboxylic acids is 1. The average molecular weight is 376 g/mol. The number of nitrogens with zero attached hydrogens (tertiary/aromatic N) is 1. The van der Waals surface area contributed by atoms with Gasteiger partial charge in [0.2, 0.25) is 5.88 Å². The molecule has 140 valence electrons. The highest BCUT2D eigenvalue weighted by molar-refractivity contribution is 6.06. The standard InChI is InChI=1S/C22H17FN2O3/c23-16-8-6-14(7-9-16)10-18-21(22(24)26)17-11-20(25-12-19(17)28-18)27-13-15-4-2-1-3-5-15/h1-9,11-12H,10,13H2,(H2,24,26). The predicted octanol–water partition coefficient (Wildman–Crippen LogP) is 4.24. The van der Waals surface area contributed by atoms with Crippen LogP contribution in [0.3, 0.4) is 0 Å². The number of benzene rings is 2. The van der Waals surface area contributed by atoms with E-state index in [1.165, 1.54) is 18.3 Å². The molecule has 2 N–H and O–H groups in total. The van der Waals surface area contributed by atoms with Crippen molar-refractivity contribution in [2.75, 3.05) is 0 Å². The number of aromatic nitrogens is 1. The van der Waals surface area contributed by atoms with Crippen molar-refractivity contribution in [1.29, 1.82) is 0 Å². The van der Waals surface area contributed by atoms with Crippen LogP contribution in [0.1, 0.15) is 27.2 Å². The second-order valence-electron chi connectivity index (χ2n) is 6.36. The van der Waals surface area contributed by atoms with Gasteiger partial charge in [0.15, 0.2) is 5.58 Å². The molecule has 4 aromatic rings. The van der Waals surface area contributed by atoms with Crippen LogP contribution in [0, 0.1) is 5.82 Å². The van der Waals surface area contributed by atoms with E-state index < -0.39 is 5.91 Å². The van der Waals surface area contributed by atoms with Gasteiger partial charge in [0.25, 0.3) is 5.91 Å². The van der Waals surface area contributed by atoms with Crippen molar-refractivity contribution >= 4 is 16.9 Å². The number of ether oxygens (including phenoxy) is 1. The molecule has 0 aliphatic rings. The largest absolute Gasteiger partial charge is 0.473 e. The van der Waals surface area contributed by atoms with Gasteiger partial charge >= 0.3 is 0 Å². The number of fused-ring (bicyclic) bond motifs is 1. The van der Waals surface area contributed by atoms with E-state index in [0.717, 1.165) is 11.1 Å². The van der Waals surface area contributed by atoms with Crippen molar-refractivity contribution in [3.63, 3.8) is 0 Å². The topological polar surface area (TPSA) is 78.4 Å². The van der Waals surface area contributed by atoms with Crippen molar-refractivity contribution in [1.82, 2.24) is 4.98 Å². The zero-order valence-corrected chi connectivity index (χ0v) is 14.9. The number of carbonyl (C=O) groups is 1. The first-order chi connectivity index (χ1) is 13.6. The van der Waals surface area contributed by atoms with Gasteiger partial charge in [-0.15, -0.1) is 0 Å². The van der Waals surface area contributed by atoms with Crippen LogP contribution >= 0.6 is 0 Å². The maximum Gasteiger partial charge on any atom is 0.252 e. The summed E-state index contributed by atoms with van der Waals surface area (Å²) in [5.41, 5.74) is 8.13. The van der Waals surface area contributed by atoms with E-state index >= 15 is 0 Å². The molecule has 0 spiro atoms. The van der Waals surface area contributed by atoms with Crippen molar-refractivity contribution < 1.29 is 18.3 Å². The molecule has 0 radical (unpaired) electrons. The van der Waals surface area contributed by atoms with Crippen LogP contribution in [0.15, 0.2) is 71.3 Å². The molecule has 0 saturated carbocycles. The highest BCUT2D eigenvalue weighted by Gasteiger charge is 2.20. The molecule has 1 amide bonds. The molecule has 0 aliphatic carbocycles. The summed E-state index contributed by atoms with van der Waals surface area (Å²) < 4.78 is 24.6. The summed E-state index contributed by atoms with van der Waals surface area (Å²) in [6.45, 7) is 0.353. The summed E-state index contributed by atoms with van der Waals surface area (Å²) in [7, 11) is 0. The maximum atomic E-state index is 13.1. The summed E-state index contributed by atoms with van der Waals surface area (Å²) >= 11 is 0. The van der Waals surface area contributed by atoms with E-state index in [4.69, 9.17) is 14.9 Å². The Labute approximate surface area is 160 Å². The first-order valence-corrected chi connectivity index (χ1v) is 8.72. The summed E-state index contributed by atoms with van der Waals surface area (Å²) in [5, 5.41) is 0.544. The molecule has 0 fully saturated rings. The average Bonchev–Trinajstić information content (AvgIpc) is 3.06. The van der Waals surface area contributed by atoms with E-state index in [-0.39, 0.29) is 11.4 Å². The Morgan fingerprint density at radius 2 is 1.82 bits per heavy atom. The highest BCUT2D eigenvalue weighted by Crippen LogP contribution is 2.29. The maximum absolute atomic E-state index is 13.1. The molecular formula is C22H17FN2O3. The fourth-order valence-electron chi connectivity index (χ4n) is 3.03. The van der Waals surface area contributed by atoms with E-state index in [9.17, 15) is 9.18 Å². The van der Waals surface area contributed by atoms with Crippen LogP contribution in [-0.2, 0) is 13.0 Å². The van der Waals surface area contributed by atoms with Gasteiger partial charge in [-0.3, -0.25) is 4.79 Å². The molecule has 2 heterocycles. The number of primary amides is 1. The molecule has 0 saturated heterocycles. The molecule has 0 bridgehead atoms. The summed E-state index contributed by atoms with van der Waals surface area (Å²) in [6, 6.07) is 17.3. The number of nitrogens with two attached hydrogens (primary N) is 1. The molecule has 6 heteroatoms. The Morgan fingerprint density at radius 3 is 2.54 bits per heavy atom. The number of hydrogen-bond acceptors (Lipinski definition) is 4. The number of pyridine rings is 1. The number of furan rings is 1. The van der Waals surface area contributed by atoms with Gasteiger partial charge in [0.05, 0.1) is 11.8 Å². The van der Waals surface area contributed by atoms with E-state index in [1.54, 1.807) is 18.2 Å². The lowest BCUT2D eigenvalue weighted by Crippen LogP contribution is -2.12. The first kappa shape index (κ1) is 17.7. The lowest BCUT2D eigenvalue weighted by Gasteiger charge is -2.05. The van der Waals surface area contributed by atoms with Gasteiger partial charge in [-0.2, -0.15) is 0 Å². The minimum Gasteiger partial charge on any atom is -0.473 e. The van der Waals surface area contributed by atoms with Crippen LogP contribution in [0.2, 0.25) is 0 Å². The van der Waals surface area contributed by atoms with Crippen LogP contribution in [-0.4, -0.2) is 10.9 Å². The summed E-state index contributed by atoms with van der Waals surface area (Å²) in [5.74, 6) is -0.145. The summed E-state index contributed by atoms with van der Waals surface area (Å²) in [6.07, 6.45) is 1.82. The fraction of sp³-hybridized carbons (Fsp3) is 0.0909. The van der Waals surface area contributed by atoms with Crippen LogP contribution in [0.5, 0.6) is 5.88 Å². The number of hydrogen-bond donors (Lipinski definition) is 1. The monoisotopic (exact) mass is 376 g/mol. The molecule has 5 nitrogen and oxygen atoms in total. The van der Waals surface area contributed by atoms with Gasteiger partial charge in [0.1, 0.15) is 18.2 Å². The smallest absolute Gasteiger partial charge is 0.252 e. The molecule has 2 aromatic heterocycles. The molecule has 0 aliphatic heterocycles. The van der Waals surface area contributed by atoms with E-state index in [0.29, 0.717) is 35.6 Å². The third-order valence-electron chi connectivity index (χ3n) is 4.38. The number of halogens is 1. The second kappa shape index (κ2) is 7.52. The predicted molar refractivity (Wildman–Crippen MR) is 103 cm³/mol. The van der Waals surface area contributed by atoms with Crippen molar-refractivity contribution in [2.24, 2.45) is 5.73 Å². The van der Waals surface area contributed by atoms with Gasteiger partial charge in [-0.1, -0.05) is 42.5 Å². The fourth-order valence-corrected chi connectivity index (χ4v) is 3.03. The molecule has 2 aromatic carbocycles. The van der Waals surface area contributed by atoms with Crippen LogP contribution in [0.4, 0.5) is 4.39 Å². The summed E-state index contributed by atoms with van der Waals surface area (Å²) in [4.78, 5) is 16.3. The molecule has 0 atom stereocenters. The minimum absolute atomic E-state index is 0.284. The number of rotatable bonds is 6. The SMILES string of the molecule is NC(=O)c1c(Cc2ccc(F)cc2)oc2cnc(OCc3ccccc3)cc12. The molecular weight excluding hydrogens is 359 g/mol. The number of amides is 1. The third-order valence-corrected chi connectivity index (χ3v) is 4.38. The van der Waals surface area contributed by atoms with E-state index in [1.807, 2.05) is 30.3 Å². The van der Waals surface area contributed by atoms with Gasteiger partial charge in [-0.05, 0) is 23.3 Å². The van der Waals surface area contributed by atoms with Crippen LogP contribution in [0.25, 0.3) is 11.0 Å². The first-order valence-electron chi connectivity index (χ1n) is 8.72.